The molecule has 0 saturated carbocycles. The van der Waals surface area contributed by atoms with Crippen LogP contribution < -0.4 is 19.5 Å². The van der Waals surface area contributed by atoms with Gasteiger partial charge in [0.15, 0.2) is 11.5 Å². The Bertz CT molecular complexity index is 659. The van der Waals surface area contributed by atoms with Gasteiger partial charge in [-0.2, -0.15) is 0 Å². The third-order valence-electron chi connectivity index (χ3n) is 3.44. The molecule has 2 rings (SSSR count). The number of halogens is 1. The Hall–Kier alpha value is -1.88. The smallest absolute Gasteiger partial charge is 0.164 e. The van der Waals surface area contributed by atoms with Gasteiger partial charge in [0.05, 0.1) is 21.3 Å². The van der Waals surface area contributed by atoms with E-state index in [1.165, 1.54) is 5.56 Å². The zero-order valence-electron chi connectivity index (χ0n) is 13.2. The van der Waals surface area contributed by atoms with Crippen molar-refractivity contribution in [2.24, 2.45) is 0 Å². The summed E-state index contributed by atoms with van der Waals surface area (Å²) in [4.78, 5) is 0. The Labute approximate surface area is 139 Å². The average molecular weight is 366 g/mol. The molecular weight excluding hydrogens is 346 g/mol. The van der Waals surface area contributed by atoms with Crippen molar-refractivity contribution in [2.45, 2.75) is 13.5 Å². The molecule has 0 aromatic heterocycles. The summed E-state index contributed by atoms with van der Waals surface area (Å²) in [6.45, 7) is 2.70. The largest absolute Gasteiger partial charge is 0.496 e. The maximum atomic E-state index is 5.44. The van der Waals surface area contributed by atoms with E-state index in [1.807, 2.05) is 24.3 Å². The molecule has 2 aromatic carbocycles. The van der Waals surface area contributed by atoms with Gasteiger partial charge in [-0.25, -0.2) is 0 Å². The first-order valence-electron chi connectivity index (χ1n) is 6.88. The lowest BCUT2D eigenvalue weighted by Gasteiger charge is -2.16. The van der Waals surface area contributed by atoms with E-state index in [2.05, 4.69) is 34.2 Å². The first kappa shape index (κ1) is 16.5. The third-order valence-corrected chi connectivity index (χ3v) is 3.94. The Morgan fingerprint density at radius 1 is 0.909 bits per heavy atom. The molecule has 0 aliphatic heterocycles. The van der Waals surface area contributed by atoms with Crippen molar-refractivity contribution >= 4 is 21.6 Å². The first-order chi connectivity index (χ1) is 10.6. The minimum atomic E-state index is 0.631. The Morgan fingerprint density at radius 2 is 1.55 bits per heavy atom. The van der Waals surface area contributed by atoms with Gasteiger partial charge in [-0.3, -0.25) is 0 Å². The van der Waals surface area contributed by atoms with Crippen molar-refractivity contribution < 1.29 is 14.2 Å². The standard InChI is InChI=1S/C17H20BrNO3/c1-11-7-13(18)5-6-14(11)19-10-12-8-16(21-3)17(22-4)9-15(12)20-2/h5-9,19H,10H2,1-4H3. The molecule has 0 saturated heterocycles. The fraction of sp³-hybridized carbons (Fsp3) is 0.294. The van der Waals surface area contributed by atoms with Crippen LogP contribution in [0.1, 0.15) is 11.1 Å². The van der Waals surface area contributed by atoms with E-state index in [0.717, 1.165) is 21.5 Å². The van der Waals surface area contributed by atoms with E-state index in [9.17, 15) is 0 Å². The van der Waals surface area contributed by atoms with Gasteiger partial charge in [-0.1, -0.05) is 15.9 Å². The number of ether oxygens (including phenoxy) is 3. The zero-order valence-corrected chi connectivity index (χ0v) is 14.8. The number of nitrogens with one attached hydrogen (secondary N) is 1. The highest BCUT2D eigenvalue weighted by Gasteiger charge is 2.12. The van der Waals surface area contributed by atoms with E-state index in [-0.39, 0.29) is 0 Å². The van der Waals surface area contributed by atoms with Gasteiger partial charge < -0.3 is 19.5 Å². The molecule has 0 unspecified atom stereocenters. The second kappa shape index (κ2) is 7.40. The second-order valence-corrected chi connectivity index (χ2v) is 5.75. The summed E-state index contributed by atoms with van der Waals surface area (Å²) in [6.07, 6.45) is 0. The van der Waals surface area contributed by atoms with Crippen molar-refractivity contribution in [3.05, 3.63) is 45.9 Å². The summed E-state index contributed by atoms with van der Waals surface area (Å²) < 4.78 is 17.2. The molecule has 0 heterocycles. The zero-order chi connectivity index (χ0) is 16.1. The molecule has 0 fully saturated rings. The third kappa shape index (κ3) is 3.65. The molecule has 4 nitrogen and oxygen atoms in total. The predicted molar refractivity (Wildman–Crippen MR) is 92.3 cm³/mol. The van der Waals surface area contributed by atoms with E-state index >= 15 is 0 Å². The Kier molecular flexibility index (Phi) is 5.55. The van der Waals surface area contributed by atoms with Gasteiger partial charge in [0.1, 0.15) is 5.75 Å². The van der Waals surface area contributed by atoms with E-state index < -0.39 is 0 Å². The number of rotatable bonds is 6. The fourth-order valence-corrected chi connectivity index (χ4v) is 2.72. The van der Waals surface area contributed by atoms with Gasteiger partial charge in [0.25, 0.3) is 0 Å². The highest BCUT2D eigenvalue weighted by atomic mass is 79.9. The highest BCUT2D eigenvalue weighted by Crippen LogP contribution is 2.35. The van der Waals surface area contributed by atoms with Crippen LogP contribution in [0.4, 0.5) is 5.69 Å². The van der Waals surface area contributed by atoms with Crippen LogP contribution in [0, 0.1) is 6.92 Å². The van der Waals surface area contributed by atoms with E-state index in [1.54, 1.807) is 21.3 Å². The maximum Gasteiger partial charge on any atom is 0.164 e. The molecule has 0 atom stereocenters. The average Bonchev–Trinajstić information content (AvgIpc) is 2.53. The molecule has 0 amide bonds. The maximum absolute atomic E-state index is 5.44. The predicted octanol–water partition coefficient (Wildman–Crippen LogP) is 4.40. The van der Waals surface area contributed by atoms with Crippen molar-refractivity contribution in [3.63, 3.8) is 0 Å². The topological polar surface area (TPSA) is 39.7 Å². The molecule has 2 aromatic rings. The van der Waals surface area contributed by atoms with Gasteiger partial charge in [0, 0.05) is 28.3 Å². The minimum absolute atomic E-state index is 0.631. The number of methoxy groups -OCH3 is 3. The summed E-state index contributed by atoms with van der Waals surface area (Å²) in [5.74, 6) is 2.11. The molecule has 0 spiro atoms. The summed E-state index contributed by atoms with van der Waals surface area (Å²) in [5.41, 5.74) is 3.26. The van der Waals surface area contributed by atoms with Crippen LogP contribution in [0.3, 0.4) is 0 Å². The molecule has 5 heteroatoms. The van der Waals surface area contributed by atoms with E-state index in [4.69, 9.17) is 14.2 Å². The van der Waals surface area contributed by atoms with Gasteiger partial charge in [0.2, 0.25) is 0 Å². The quantitative estimate of drug-likeness (QED) is 0.823. The first-order valence-corrected chi connectivity index (χ1v) is 7.67. The number of benzene rings is 2. The Morgan fingerprint density at radius 3 is 2.14 bits per heavy atom. The molecule has 118 valence electrons. The van der Waals surface area contributed by atoms with Crippen LogP contribution in [-0.4, -0.2) is 21.3 Å². The molecule has 0 bridgehead atoms. The molecular formula is C17H20BrNO3. The van der Waals surface area contributed by atoms with E-state index in [0.29, 0.717) is 18.0 Å². The molecule has 22 heavy (non-hydrogen) atoms. The lowest BCUT2D eigenvalue weighted by atomic mass is 10.1. The fourth-order valence-electron chi connectivity index (χ4n) is 2.25. The van der Waals surface area contributed by atoms with Crippen molar-refractivity contribution in [2.75, 3.05) is 26.6 Å². The van der Waals surface area contributed by atoms with Crippen LogP contribution in [0.5, 0.6) is 17.2 Å². The SMILES string of the molecule is COc1cc(OC)c(OC)cc1CNc1ccc(Br)cc1C. The summed E-state index contributed by atoms with van der Waals surface area (Å²) >= 11 is 3.47. The van der Waals surface area contributed by atoms with Crippen LogP contribution >= 0.6 is 15.9 Å². The van der Waals surface area contributed by atoms with Crippen LogP contribution in [0.25, 0.3) is 0 Å². The summed E-state index contributed by atoms with van der Waals surface area (Å²) in [6, 6.07) is 9.91. The lowest BCUT2D eigenvalue weighted by Crippen LogP contribution is -2.04. The molecule has 0 aliphatic rings. The normalized spacial score (nSPS) is 10.2. The monoisotopic (exact) mass is 365 g/mol. The van der Waals surface area contributed by atoms with Crippen LogP contribution in [0.2, 0.25) is 0 Å². The highest BCUT2D eigenvalue weighted by molar-refractivity contribution is 9.10. The molecule has 1 N–H and O–H groups in total. The Balaban J connectivity index is 2.24. The lowest BCUT2D eigenvalue weighted by molar-refractivity contribution is 0.347. The van der Waals surface area contributed by atoms with Crippen molar-refractivity contribution in [1.29, 1.82) is 0 Å². The minimum Gasteiger partial charge on any atom is -0.496 e. The number of anilines is 1. The van der Waals surface area contributed by atoms with Crippen LogP contribution in [0.15, 0.2) is 34.8 Å². The summed E-state index contributed by atoms with van der Waals surface area (Å²) in [7, 11) is 4.89. The number of aryl methyl sites for hydroxylation is 1. The molecule has 0 aliphatic carbocycles. The number of hydrogen-bond donors (Lipinski definition) is 1. The van der Waals surface area contributed by atoms with Gasteiger partial charge >= 0.3 is 0 Å². The van der Waals surface area contributed by atoms with Gasteiger partial charge in [-0.15, -0.1) is 0 Å². The summed E-state index contributed by atoms with van der Waals surface area (Å²) in [5, 5.41) is 3.42. The van der Waals surface area contributed by atoms with Crippen molar-refractivity contribution in [1.82, 2.24) is 0 Å². The number of hydrogen-bond acceptors (Lipinski definition) is 4. The second-order valence-electron chi connectivity index (χ2n) is 4.83. The van der Waals surface area contributed by atoms with Crippen LogP contribution in [-0.2, 0) is 6.54 Å². The molecule has 0 radical (unpaired) electrons. The van der Waals surface area contributed by atoms with Gasteiger partial charge in [-0.05, 0) is 36.8 Å². The van der Waals surface area contributed by atoms with Crippen molar-refractivity contribution in [3.8, 4) is 17.2 Å².